The zero-order valence-electron chi connectivity index (χ0n) is 11.8. The molecule has 0 bridgehead atoms. The molecule has 1 aromatic carbocycles. The van der Waals surface area contributed by atoms with Crippen LogP contribution in [0.15, 0.2) is 42.7 Å². The van der Waals surface area contributed by atoms with Gasteiger partial charge in [0.25, 0.3) is 0 Å². The molecule has 0 spiro atoms. The van der Waals surface area contributed by atoms with Crippen molar-refractivity contribution >= 4 is 11.6 Å². The van der Waals surface area contributed by atoms with Gasteiger partial charge in [-0.25, -0.2) is 9.97 Å². The second-order valence-electron chi connectivity index (χ2n) is 5.18. The molecule has 4 nitrogen and oxygen atoms in total. The molecule has 1 aliphatic carbocycles. The van der Waals surface area contributed by atoms with E-state index in [0.29, 0.717) is 6.04 Å². The van der Waals surface area contributed by atoms with E-state index in [0.717, 1.165) is 24.7 Å². The first-order valence-electron chi connectivity index (χ1n) is 7.22. The van der Waals surface area contributed by atoms with Gasteiger partial charge in [0.15, 0.2) is 0 Å². The molecule has 1 aromatic heterocycles. The summed E-state index contributed by atoms with van der Waals surface area (Å²) in [5.41, 5.74) is 1.30. The Kier molecular flexibility index (Phi) is 3.81. The van der Waals surface area contributed by atoms with Gasteiger partial charge in [0.2, 0.25) is 0 Å². The highest BCUT2D eigenvalue weighted by atomic mass is 15.2. The zero-order chi connectivity index (χ0) is 13.8. The maximum absolute atomic E-state index is 4.41. The van der Waals surface area contributed by atoms with Crippen molar-refractivity contribution in [2.75, 3.05) is 16.8 Å². The van der Waals surface area contributed by atoms with E-state index in [9.17, 15) is 0 Å². The van der Waals surface area contributed by atoms with Crippen LogP contribution in [0.5, 0.6) is 0 Å². The van der Waals surface area contributed by atoms with Gasteiger partial charge < -0.3 is 10.2 Å². The summed E-state index contributed by atoms with van der Waals surface area (Å²) in [7, 11) is 0. The third-order valence-corrected chi connectivity index (χ3v) is 3.50. The SMILES string of the molecule is CCN(Cc1ccccc1)c1cc(NC2CC2)ncn1. The number of rotatable bonds is 6. The van der Waals surface area contributed by atoms with Crippen LogP contribution in [0, 0.1) is 0 Å². The molecular formula is C16H20N4. The summed E-state index contributed by atoms with van der Waals surface area (Å²) in [5.74, 6) is 1.92. The van der Waals surface area contributed by atoms with Crippen molar-refractivity contribution < 1.29 is 0 Å². The topological polar surface area (TPSA) is 41.0 Å². The summed E-state index contributed by atoms with van der Waals surface area (Å²) < 4.78 is 0. The van der Waals surface area contributed by atoms with Crippen molar-refractivity contribution in [3.63, 3.8) is 0 Å². The van der Waals surface area contributed by atoms with Gasteiger partial charge in [-0.3, -0.25) is 0 Å². The predicted octanol–water partition coefficient (Wildman–Crippen LogP) is 3.08. The van der Waals surface area contributed by atoms with E-state index in [2.05, 4.69) is 51.4 Å². The summed E-state index contributed by atoms with van der Waals surface area (Å²) in [4.78, 5) is 11.0. The molecule has 0 atom stereocenters. The Balaban J connectivity index is 1.74. The van der Waals surface area contributed by atoms with E-state index in [1.165, 1.54) is 18.4 Å². The van der Waals surface area contributed by atoms with Crippen LogP contribution in [0.3, 0.4) is 0 Å². The lowest BCUT2D eigenvalue weighted by molar-refractivity contribution is 0.810. The fourth-order valence-electron chi connectivity index (χ4n) is 2.19. The Bertz CT molecular complexity index is 551. The van der Waals surface area contributed by atoms with Crippen LogP contribution in [0.25, 0.3) is 0 Å². The van der Waals surface area contributed by atoms with E-state index in [1.807, 2.05) is 12.1 Å². The summed E-state index contributed by atoms with van der Waals surface area (Å²) in [5, 5.41) is 3.42. The van der Waals surface area contributed by atoms with Crippen LogP contribution in [0.1, 0.15) is 25.3 Å². The third kappa shape index (κ3) is 3.26. The first-order chi connectivity index (χ1) is 9.85. The Labute approximate surface area is 119 Å². The van der Waals surface area contributed by atoms with Crippen molar-refractivity contribution in [2.24, 2.45) is 0 Å². The Morgan fingerprint density at radius 1 is 1.20 bits per heavy atom. The van der Waals surface area contributed by atoms with Crippen molar-refractivity contribution in [3.8, 4) is 0 Å². The average Bonchev–Trinajstić information content (AvgIpc) is 3.30. The summed E-state index contributed by atoms with van der Waals surface area (Å²) in [6.45, 7) is 3.95. The van der Waals surface area contributed by atoms with Crippen LogP contribution in [0.4, 0.5) is 11.6 Å². The number of nitrogens with zero attached hydrogens (tertiary/aromatic N) is 3. The number of hydrogen-bond donors (Lipinski definition) is 1. The number of aromatic nitrogens is 2. The number of nitrogens with one attached hydrogen (secondary N) is 1. The first kappa shape index (κ1) is 12.9. The summed E-state index contributed by atoms with van der Waals surface area (Å²) in [6, 6.07) is 13.1. The fraction of sp³-hybridized carbons (Fsp3) is 0.375. The molecule has 1 aliphatic rings. The maximum Gasteiger partial charge on any atom is 0.134 e. The largest absolute Gasteiger partial charge is 0.367 e. The Hall–Kier alpha value is -2.10. The lowest BCUT2D eigenvalue weighted by atomic mass is 10.2. The van der Waals surface area contributed by atoms with Crippen LogP contribution < -0.4 is 10.2 Å². The second-order valence-corrected chi connectivity index (χ2v) is 5.18. The van der Waals surface area contributed by atoms with Gasteiger partial charge in [-0.05, 0) is 25.3 Å². The molecule has 0 aliphatic heterocycles. The molecule has 1 heterocycles. The minimum absolute atomic E-state index is 0.613. The lowest BCUT2D eigenvalue weighted by Gasteiger charge is -2.22. The Morgan fingerprint density at radius 3 is 2.70 bits per heavy atom. The van der Waals surface area contributed by atoms with E-state index in [4.69, 9.17) is 0 Å². The highest BCUT2D eigenvalue weighted by molar-refractivity contribution is 5.49. The summed E-state index contributed by atoms with van der Waals surface area (Å²) in [6.07, 6.45) is 4.15. The smallest absolute Gasteiger partial charge is 0.134 e. The van der Waals surface area contributed by atoms with Crippen molar-refractivity contribution in [1.82, 2.24) is 9.97 Å². The van der Waals surface area contributed by atoms with E-state index in [1.54, 1.807) is 6.33 Å². The molecule has 0 amide bonds. The molecule has 0 unspecified atom stereocenters. The van der Waals surface area contributed by atoms with Crippen LogP contribution in [-0.2, 0) is 6.54 Å². The minimum Gasteiger partial charge on any atom is -0.367 e. The van der Waals surface area contributed by atoms with Gasteiger partial charge >= 0.3 is 0 Å². The molecule has 0 saturated heterocycles. The van der Waals surface area contributed by atoms with Gasteiger partial charge in [-0.15, -0.1) is 0 Å². The molecule has 4 heteroatoms. The highest BCUT2D eigenvalue weighted by Crippen LogP contribution is 2.25. The highest BCUT2D eigenvalue weighted by Gasteiger charge is 2.21. The minimum atomic E-state index is 0.613. The molecular weight excluding hydrogens is 248 g/mol. The molecule has 20 heavy (non-hydrogen) atoms. The van der Waals surface area contributed by atoms with Gasteiger partial charge in [-0.1, -0.05) is 30.3 Å². The van der Waals surface area contributed by atoms with Crippen molar-refractivity contribution in [3.05, 3.63) is 48.3 Å². The zero-order valence-corrected chi connectivity index (χ0v) is 11.8. The second kappa shape index (κ2) is 5.90. The van der Waals surface area contributed by atoms with E-state index < -0.39 is 0 Å². The Morgan fingerprint density at radius 2 is 2.00 bits per heavy atom. The average molecular weight is 268 g/mol. The van der Waals surface area contributed by atoms with Gasteiger partial charge in [-0.2, -0.15) is 0 Å². The van der Waals surface area contributed by atoms with Crippen molar-refractivity contribution in [1.29, 1.82) is 0 Å². The van der Waals surface area contributed by atoms with Gasteiger partial charge in [0.05, 0.1) is 0 Å². The number of benzene rings is 1. The molecule has 1 fully saturated rings. The molecule has 0 radical (unpaired) electrons. The van der Waals surface area contributed by atoms with E-state index in [-0.39, 0.29) is 0 Å². The van der Waals surface area contributed by atoms with Crippen LogP contribution in [0.2, 0.25) is 0 Å². The normalized spacial score (nSPS) is 14.1. The van der Waals surface area contributed by atoms with Gasteiger partial charge in [0.1, 0.15) is 18.0 Å². The predicted molar refractivity (Wildman–Crippen MR) is 81.8 cm³/mol. The maximum atomic E-state index is 4.41. The lowest BCUT2D eigenvalue weighted by Crippen LogP contribution is -2.23. The third-order valence-electron chi connectivity index (χ3n) is 3.50. The summed E-state index contributed by atoms with van der Waals surface area (Å²) >= 11 is 0. The van der Waals surface area contributed by atoms with E-state index >= 15 is 0 Å². The molecule has 104 valence electrons. The van der Waals surface area contributed by atoms with Crippen LogP contribution >= 0.6 is 0 Å². The molecule has 1 saturated carbocycles. The fourth-order valence-corrected chi connectivity index (χ4v) is 2.19. The van der Waals surface area contributed by atoms with Gasteiger partial charge in [0, 0.05) is 25.2 Å². The number of hydrogen-bond acceptors (Lipinski definition) is 4. The molecule has 2 aromatic rings. The monoisotopic (exact) mass is 268 g/mol. The standard InChI is InChI=1S/C16H20N4/c1-2-20(11-13-6-4-3-5-7-13)16-10-15(17-12-18-16)19-14-8-9-14/h3-7,10,12,14H,2,8-9,11H2,1H3,(H,17,18,19). The van der Waals surface area contributed by atoms with Crippen LogP contribution in [-0.4, -0.2) is 22.6 Å². The first-order valence-corrected chi connectivity index (χ1v) is 7.22. The molecule has 1 N–H and O–H groups in total. The van der Waals surface area contributed by atoms with Crippen molar-refractivity contribution in [2.45, 2.75) is 32.4 Å². The quantitative estimate of drug-likeness (QED) is 0.874. The molecule has 3 rings (SSSR count). The number of anilines is 2.